The van der Waals surface area contributed by atoms with Crippen LogP contribution in [0.2, 0.25) is 5.02 Å². The monoisotopic (exact) mass is 448 g/mol. The topological polar surface area (TPSA) is 92.3 Å². The molecule has 1 aliphatic rings. The third kappa shape index (κ3) is 4.18. The van der Waals surface area contributed by atoms with Crippen LogP contribution in [0.15, 0.2) is 59.5 Å². The van der Waals surface area contributed by atoms with E-state index in [-0.39, 0.29) is 4.90 Å². The van der Waals surface area contributed by atoms with Gasteiger partial charge >= 0.3 is 0 Å². The normalized spacial score (nSPS) is 17.3. The first-order chi connectivity index (χ1) is 13.9. The minimum Gasteiger partial charge on any atom is -0.299 e. The van der Waals surface area contributed by atoms with Crippen LogP contribution in [0.1, 0.15) is 12.8 Å². The van der Waals surface area contributed by atoms with Crippen LogP contribution in [0.5, 0.6) is 0 Å². The molecule has 1 N–H and O–H groups in total. The van der Waals surface area contributed by atoms with E-state index < -0.39 is 22.0 Å². The van der Waals surface area contributed by atoms with Crippen molar-refractivity contribution in [3.05, 3.63) is 59.6 Å². The first kappa shape index (κ1) is 20.0. The second kappa shape index (κ2) is 8.19. The summed E-state index contributed by atoms with van der Waals surface area (Å²) in [6.07, 6.45) is 1.08. The van der Waals surface area contributed by atoms with Crippen molar-refractivity contribution in [2.45, 2.75) is 23.8 Å². The van der Waals surface area contributed by atoms with E-state index in [0.717, 1.165) is 5.56 Å². The maximum absolute atomic E-state index is 12.9. The summed E-state index contributed by atoms with van der Waals surface area (Å²) in [6, 6.07) is 14.5. The van der Waals surface area contributed by atoms with E-state index in [4.69, 9.17) is 11.6 Å². The fraction of sp³-hybridized carbons (Fsp3) is 0.211. The summed E-state index contributed by atoms with van der Waals surface area (Å²) in [5.74, 6) is -0.402. The summed E-state index contributed by atoms with van der Waals surface area (Å²) < 4.78 is 27.1. The molecule has 1 saturated heterocycles. The maximum atomic E-state index is 12.9. The fourth-order valence-corrected chi connectivity index (χ4v) is 5.74. The number of aromatic nitrogens is 2. The van der Waals surface area contributed by atoms with Gasteiger partial charge in [0.2, 0.25) is 21.1 Å². The lowest BCUT2D eigenvalue weighted by Gasteiger charge is -2.22. The Balaban J connectivity index is 1.50. The average Bonchev–Trinajstić information content (AvgIpc) is 3.39. The summed E-state index contributed by atoms with van der Waals surface area (Å²) in [4.78, 5) is 13.0. The second-order valence-corrected chi connectivity index (χ2v) is 9.80. The van der Waals surface area contributed by atoms with Crippen molar-refractivity contribution >= 4 is 44.0 Å². The molecule has 3 aromatic rings. The maximum Gasteiger partial charge on any atom is 0.244 e. The number of hydrogen-bond donors (Lipinski definition) is 1. The Labute approximate surface area is 177 Å². The minimum atomic E-state index is -3.74. The lowest BCUT2D eigenvalue weighted by atomic mass is 10.2. The van der Waals surface area contributed by atoms with Crippen molar-refractivity contribution in [1.82, 2.24) is 14.5 Å². The van der Waals surface area contributed by atoms with Crippen LogP contribution in [0.3, 0.4) is 0 Å². The summed E-state index contributed by atoms with van der Waals surface area (Å²) in [5, 5.41) is 12.4. The van der Waals surface area contributed by atoms with E-state index in [9.17, 15) is 13.2 Å². The molecule has 0 radical (unpaired) electrons. The summed E-state index contributed by atoms with van der Waals surface area (Å²) >= 11 is 7.12. The molecule has 2 heterocycles. The summed E-state index contributed by atoms with van der Waals surface area (Å²) in [5.41, 5.74) is 0.835. The lowest BCUT2D eigenvalue weighted by molar-refractivity contribution is -0.119. The van der Waals surface area contributed by atoms with Crippen LogP contribution in [0.25, 0.3) is 10.6 Å². The number of nitrogens with zero attached hydrogens (tertiary/aromatic N) is 3. The smallest absolute Gasteiger partial charge is 0.244 e. The van der Waals surface area contributed by atoms with Gasteiger partial charge in [0.25, 0.3) is 0 Å². The predicted molar refractivity (Wildman–Crippen MR) is 112 cm³/mol. The van der Waals surface area contributed by atoms with Gasteiger partial charge in [-0.15, -0.1) is 10.2 Å². The molecule has 1 aliphatic heterocycles. The van der Waals surface area contributed by atoms with Crippen LogP contribution >= 0.6 is 22.9 Å². The third-order valence-electron chi connectivity index (χ3n) is 4.60. The standard InChI is InChI=1S/C19H17ClN4O3S2/c20-14-10-8-13(9-11-14)18-22-23-19(28-18)21-17(25)16-7-4-12-24(16)29(26,27)15-5-2-1-3-6-15/h1-3,5-6,8-11,16H,4,7,12H2,(H,21,23,25). The number of rotatable bonds is 5. The molecule has 4 rings (SSSR count). The second-order valence-electron chi connectivity index (χ2n) is 6.50. The van der Waals surface area contributed by atoms with Crippen molar-refractivity contribution < 1.29 is 13.2 Å². The summed E-state index contributed by atoms with van der Waals surface area (Å²) in [7, 11) is -3.74. The van der Waals surface area contributed by atoms with Gasteiger partial charge in [0.15, 0.2) is 0 Å². The number of benzene rings is 2. The zero-order chi connectivity index (χ0) is 20.4. The molecule has 0 spiro atoms. The van der Waals surface area contributed by atoms with Gasteiger partial charge in [-0.1, -0.05) is 53.3 Å². The number of hydrogen-bond acceptors (Lipinski definition) is 6. The highest BCUT2D eigenvalue weighted by atomic mass is 35.5. The number of sulfonamides is 1. The Bertz CT molecular complexity index is 1120. The van der Waals surface area contributed by atoms with Gasteiger partial charge in [0.1, 0.15) is 11.0 Å². The quantitative estimate of drug-likeness (QED) is 0.643. The van der Waals surface area contributed by atoms with Crippen molar-refractivity contribution in [1.29, 1.82) is 0 Å². The molecule has 150 valence electrons. The number of anilines is 1. The third-order valence-corrected chi connectivity index (χ3v) is 7.66. The van der Waals surface area contributed by atoms with Gasteiger partial charge in [0, 0.05) is 17.1 Å². The Kier molecular flexibility index (Phi) is 5.64. The van der Waals surface area contributed by atoms with Crippen molar-refractivity contribution in [3.63, 3.8) is 0 Å². The zero-order valence-corrected chi connectivity index (χ0v) is 17.5. The number of halogens is 1. The zero-order valence-electron chi connectivity index (χ0n) is 15.2. The molecule has 1 atom stereocenters. The van der Waals surface area contributed by atoms with E-state index in [1.54, 1.807) is 30.3 Å². The molecule has 29 heavy (non-hydrogen) atoms. The van der Waals surface area contributed by atoms with Gasteiger partial charge in [-0.2, -0.15) is 4.31 Å². The number of amides is 1. The van der Waals surface area contributed by atoms with E-state index in [0.29, 0.717) is 34.5 Å². The highest BCUT2D eigenvalue weighted by molar-refractivity contribution is 7.89. The van der Waals surface area contributed by atoms with E-state index in [1.165, 1.54) is 27.8 Å². The first-order valence-electron chi connectivity index (χ1n) is 8.92. The highest BCUT2D eigenvalue weighted by Gasteiger charge is 2.39. The SMILES string of the molecule is O=C(Nc1nnc(-c2ccc(Cl)cc2)s1)C1CCCN1S(=O)(=O)c1ccccc1. The highest BCUT2D eigenvalue weighted by Crippen LogP contribution is 2.30. The van der Waals surface area contributed by atoms with Crippen molar-refractivity contribution in [2.75, 3.05) is 11.9 Å². The Morgan fingerprint density at radius 3 is 2.55 bits per heavy atom. The number of carbonyl (C=O) groups excluding carboxylic acids is 1. The molecule has 1 aromatic heterocycles. The van der Waals surface area contributed by atoms with Gasteiger partial charge in [-0.05, 0) is 37.1 Å². The lowest BCUT2D eigenvalue weighted by Crippen LogP contribution is -2.43. The Morgan fingerprint density at radius 2 is 1.83 bits per heavy atom. The van der Waals surface area contributed by atoms with Gasteiger partial charge in [-0.25, -0.2) is 8.42 Å². The fourth-order valence-electron chi connectivity index (χ4n) is 3.19. The molecule has 0 bridgehead atoms. The summed E-state index contributed by atoms with van der Waals surface area (Å²) in [6.45, 7) is 0.307. The average molecular weight is 449 g/mol. The van der Waals surface area contributed by atoms with Crippen LogP contribution < -0.4 is 5.32 Å². The van der Waals surface area contributed by atoms with Crippen LogP contribution in [0, 0.1) is 0 Å². The molecule has 1 unspecified atom stereocenters. The molecular weight excluding hydrogens is 432 g/mol. The minimum absolute atomic E-state index is 0.181. The largest absolute Gasteiger partial charge is 0.299 e. The van der Waals surface area contributed by atoms with Crippen molar-refractivity contribution in [3.8, 4) is 10.6 Å². The molecule has 1 fully saturated rings. The van der Waals surface area contributed by atoms with Crippen molar-refractivity contribution in [2.24, 2.45) is 0 Å². The molecule has 10 heteroatoms. The molecule has 1 amide bonds. The van der Waals surface area contributed by atoms with Gasteiger partial charge < -0.3 is 0 Å². The number of carbonyl (C=O) groups is 1. The molecule has 0 saturated carbocycles. The van der Waals surface area contributed by atoms with Crippen LogP contribution in [-0.2, 0) is 14.8 Å². The first-order valence-corrected chi connectivity index (χ1v) is 11.6. The van der Waals surface area contributed by atoms with Crippen LogP contribution in [-0.4, -0.2) is 41.4 Å². The van der Waals surface area contributed by atoms with E-state index in [2.05, 4.69) is 15.5 Å². The van der Waals surface area contributed by atoms with Gasteiger partial charge in [0.05, 0.1) is 4.90 Å². The predicted octanol–water partition coefficient (Wildman–Crippen LogP) is 3.65. The molecule has 7 nitrogen and oxygen atoms in total. The Hall–Kier alpha value is -2.33. The molecular formula is C19H17ClN4O3S2. The van der Waals surface area contributed by atoms with Crippen LogP contribution in [0.4, 0.5) is 5.13 Å². The molecule has 0 aliphatic carbocycles. The van der Waals surface area contributed by atoms with Gasteiger partial charge in [-0.3, -0.25) is 10.1 Å². The Morgan fingerprint density at radius 1 is 1.10 bits per heavy atom. The van der Waals surface area contributed by atoms with E-state index in [1.807, 2.05) is 12.1 Å². The van der Waals surface area contributed by atoms with E-state index >= 15 is 0 Å². The molecule has 2 aromatic carbocycles. The number of nitrogens with one attached hydrogen (secondary N) is 1.